The first-order chi connectivity index (χ1) is 9.30. The molecule has 0 aliphatic heterocycles. The molecule has 2 heteroatoms. The summed E-state index contributed by atoms with van der Waals surface area (Å²) < 4.78 is 0. The molecule has 2 rings (SSSR count). The van der Waals surface area contributed by atoms with E-state index in [0.29, 0.717) is 16.9 Å². The highest BCUT2D eigenvalue weighted by Gasteiger charge is 2.66. The quantitative estimate of drug-likeness (QED) is 0.848. The predicted octanol–water partition coefficient (Wildman–Crippen LogP) is 3.98. The Bertz CT molecular complexity index is 431. The maximum absolute atomic E-state index is 4.59. The number of pyridine rings is 1. The van der Waals surface area contributed by atoms with E-state index in [0.717, 1.165) is 18.9 Å². The topological polar surface area (TPSA) is 24.9 Å². The van der Waals surface area contributed by atoms with Gasteiger partial charge in [0.05, 0.1) is 0 Å². The van der Waals surface area contributed by atoms with Gasteiger partial charge in [-0.05, 0) is 48.3 Å². The first kappa shape index (κ1) is 15.5. The summed E-state index contributed by atoms with van der Waals surface area (Å²) in [6.45, 7) is 15.0. The molecule has 0 radical (unpaired) electrons. The molecule has 1 saturated carbocycles. The fourth-order valence-corrected chi connectivity index (χ4v) is 3.74. The molecule has 112 valence electrons. The Balaban J connectivity index is 2.11. The number of hydrogen-bond acceptors (Lipinski definition) is 2. The van der Waals surface area contributed by atoms with Crippen molar-refractivity contribution in [1.82, 2.24) is 10.3 Å². The minimum absolute atomic E-state index is 0.420. The van der Waals surface area contributed by atoms with Crippen molar-refractivity contribution in [3.8, 4) is 0 Å². The highest BCUT2D eigenvalue weighted by Crippen LogP contribution is 2.69. The Kier molecular flexibility index (Phi) is 4.24. The van der Waals surface area contributed by atoms with Gasteiger partial charge in [-0.3, -0.25) is 4.98 Å². The molecular weight excluding hydrogens is 244 g/mol. The summed E-state index contributed by atoms with van der Waals surface area (Å²) in [5, 5.41) is 3.77. The van der Waals surface area contributed by atoms with Crippen LogP contribution in [0.25, 0.3) is 0 Å². The van der Waals surface area contributed by atoms with E-state index < -0.39 is 0 Å². The number of aromatic nitrogens is 1. The fourth-order valence-electron chi connectivity index (χ4n) is 3.74. The maximum Gasteiger partial charge on any atom is 0.0419 e. The van der Waals surface area contributed by atoms with E-state index in [2.05, 4.69) is 64.0 Å². The van der Waals surface area contributed by atoms with Gasteiger partial charge < -0.3 is 5.32 Å². The van der Waals surface area contributed by atoms with Gasteiger partial charge in [-0.15, -0.1) is 0 Å². The molecule has 0 aromatic carbocycles. The highest BCUT2D eigenvalue weighted by atomic mass is 15.0. The molecule has 1 aromatic heterocycles. The van der Waals surface area contributed by atoms with E-state index in [4.69, 9.17) is 0 Å². The van der Waals surface area contributed by atoms with Crippen molar-refractivity contribution in [2.45, 2.75) is 60.4 Å². The first-order valence-corrected chi connectivity index (χ1v) is 7.95. The van der Waals surface area contributed by atoms with Crippen molar-refractivity contribution >= 4 is 0 Å². The number of rotatable bonds is 6. The predicted molar refractivity (Wildman–Crippen MR) is 85.8 cm³/mol. The molecule has 1 fully saturated rings. The van der Waals surface area contributed by atoms with Crippen LogP contribution in [0.1, 0.15) is 52.3 Å². The Hall–Kier alpha value is -0.890. The third kappa shape index (κ3) is 2.76. The summed E-state index contributed by atoms with van der Waals surface area (Å²) in [5.74, 6) is 0.727. The van der Waals surface area contributed by atoms with Gasteiger partial charge >= 0.3 is 0 Å². The first-order valence-electron chi connectivity index (χ1n) is 7.95. The van der Waals surface area contributed by atoms with Crippen LogP contribution in [-0.2, 0) is 6.42 Å². The summed E-state index contributed by atoms with van der Waals surface area (Å²) in [5.41, 5.74) is 3.29. The molecule has 1 atom stereocenters. The van der Waals surface area contributed by atoms with Crippen LogP contribution < -0.4 is 5.32 Å². The number of nitrogens with one attached hydrogen (secondary N) is 1. The van der Waals surface area contributed by atoms with Gasteiger partial charge in [0.15, 0.2) is 0 Å². The monoisotopic (exact) mass is 274 g/mol. The Morgan fingerprint density at radius 3 is 2.30 bits per heavy atom. The molecule has 1 heterocycles. The molecule has 1 unspecified atom stereocenters. The van der Waals surface area contributed by atoms with E-state index >= 15 is 0 Å². The maximum atomic E-state index is 4.59. The minimum atomic E-state index is 0.420. The third-order valence-corrected chi connectivity index (χ3v) is 5.59. The van der Waals surface area contributed by atoms with Gasteiger partial charge in [-0.25, -0.2) is 0 Å². The zero-order chi connectivity index (χ0) is 15.0. The lowest BCUT2D eigenvalue weighted by atomic mass is 9.99. The summed E-state index contributed by atoms with van der Waals surface area (Å²) >= 11 is 0. The lowest BCUT2D eigenvalue weighted by Gasteiger charge is -2.20. The van der Waals surface area contributed by atoms with Crippen LogP contribution in [0.4, 0.5) is 0 Å². The zero-order valence-corrected chi connectivity index (χ0v) is 14.0. The van der Waals surface area contributed by atoms with Crippen LogP contribution in [0.5, 0.6) is 0 Å². The van der Waals surface area contributed by atoms with Gasteiger partial charge in [0.2, 0.25) is 0 Å². The van der Waals surface area contributed by atoms with Gasteiger partial charge in [0.25, 0.3) is 0 Å². The van der Waals surface area contributed by atoms with Gasteiger partial charge in [-0.1, -0.05) is 40.7 Å². The van der Waals surface area contributed by atoms with Crippen LogP contribution in [0.3, 0.4) is 0 Å². The van der Waals surface area contributed by atoms with E-state index in [1.54, 1.807) is 0 Å². The Morgan fingerprint density at radius 1 is 1.20 bits per heavy atom. The van der Waals surface area contributed by atoms with E-state index in [-0.39, 0.29) is 0 Å². The largest absolute Gasteiger partial charge is 0.313 e. The average molecular weight is 274 g/mol. The second kappa shape index (κ2) is 5.48. The van der Waals surface area contributed by atoms with Crippen LogP contribution in [-0.4, -0.2) is 17.6 Å². The van der Waals surface area contributed by atoms with Crippen molar-refractivity contribution in [3.05, 3.63) is 29.6 Å². The normalized spacial score (nSPS) is 21.7. The van der Waals surface area contributed by atoms with Crippen molar-refractivity contribution in [1.29, 1.82) is 0 Å². The average Bonchev–Trinajstić information content (AvgIpc) is 2.78. The van der Waals surface area contributed by atoms with Crippen molar-refractivity contribution < 1.29 is 0 Å². The molecule has 2 nitrogen and oxygen atoms in total. The lowest BCUT2D eigenvalue weighted by Crippen LogP contribution is -2.36. The molecule has 0 spiro atoms. The molecule has 1 aliphatic carbocycles. The van der Waals surface area contributed by atoms with Gasteiger partial charge in [-0.2, -0.15) is 0 Å². The molecule has 0 saturated heterocycles. The number of aryl methyl sites for hydroxylation is 1. The van der Waals surface area contributed by atoms with Crippen molar-refractivity contribution in [2.75, 3.05) is 6.54 Å². The molecule has 1 N–H and O–H groups in total. The van der Waals surface area contributed by atoms with Crippen LogP contribution in [0, 0.1) is 23.7 Å². The van der Waals surface area contributed by atoms with Crippen molar-refractivity contribution in [3.63, 3.8) is 0 Å². The smallest absolute Gasteiger partial charge is 0.0419 e. The van der Waals surface area contributed by atoms with E-state index in [1.807, 2.05) is 6.20 Å². The summed E-state index contributed by atoms with van der Waals surface area (Å²) in [4.78, 5) is 4.59. The SMILES string of the molecule is CCCNC(Cc1ccc(C)cn1)C1C(C)(C)C1(C)C. The Labute approximate surface area is 124 Å². The molecule has 1 aromatic rings. The Morgan fingerprint density at radius 2 is 1.85 bits per heavy atom. The molecular formula is C18H30N2. The zero-order valence-electron chi connectivity index (χ0n) is 14.0. The summed E-state index contributed by atoms with van der Waals surface area (Å²) in [6.07, 6.45) is 4.21. The van der Waals surface area contributed by atoms with Crippen LogP contribution in [0.15, 0.2) is 18.3 Å². The third-order valence-electron chi connectivity index (χ3n) is 5.59. The van der Waals surface area contributed by atoms with Crippen LogP contribution in [0.2, 0.25) is 0 Å². The molecule has 0 bridgehead atoms. The molecule has 0 amide bonds. The summed E-state index contributed by atoms with van der Waals surface area (Å²) in [7, 11) is 0. The van der Waals surface area contributed by atoms with Crippen LogP contribution >= 0.6 is 0 Å². The minimum Gasteiger partial charge on any atom is -0.313 e. The molecule has 1 aliphatic rings. The number of nitrogens with zero attached hydrogens (tertiary/aromatic N) is 1. The lowest BCUT2D eigenvalue weighted by molar-refractivity contribution is 0.393. The summed E-state index contributed by atoms with van der Waals surface area (Å²) in [6, 6.07) is 4.89. The second-order valence-electron chi connectivity index (χ2n) is 7.51. The fraction of sp³-hybridized carbons (Fsp3) is 0.722. The van der Waals surface area contributed by atoms with E-state index in [1.165, 1.54) is 17.7 Å². The van der Waals surface area contributed by atoms with Crippen molar-refractivity contribution in [2.24, 2.45) is 16.7 Å². The van der Waals surface area contributed by atoms with Gasteiger partial charge in [0, 0.05) is 24.4 Å². The van der Waals surface area contributed by atoms with Gasteiger partial charge in [0.1, 0.15) is 0 Å². The number of hydrogen-bond donors (Lipinski definition) is 1. The second-order valence-corrected chi connectivity index (χ2v) is 7.51. The van der Waals surface area contributed by atoms with E-state index in [9.17, 15) is 0 Å². The molecule has 20 heavy (non-hydrogen) atoms. The standard InChI is InChI=1S/C18H30N2/c1-7-10-19-15(16-17(3,4)18(16,5)6)11-14-9-8-13(2)12-20-14/h8-9,12,15-16,19H,7,10-11H2,1-6H3. The highest BCUT2D eigenvalue weighted by molar-refractivity contribution is 5.20.